The minimum absolute atomic E-state index is 0.0289. The number of aliphatic carboxylic acids is 1. The highest BCUT2D eigenvalue weighted by Crippen LogP contribution is 2.61. The number of hydrogen-bond donors (Lipinski definition) is 1. The van der Waals surface area contributed by atoms with Gasteiger partial charge in [0, 0.05) is 12.0 Å². The fraction of sp³-hybridized carbons (Fsp3) is 0.429. The van der Waals surface area contributed by atoms with Gasteiger partial charge in [-0.1, -0.05) is 30.3 Å². The zero-order valence-electron chi connectivity index (χ0n) is 10.9. The van der Waals surface area contributed by atoms with Gasteiger partial charge < -0.3 is 10.0 Å². The lowest BCUT2D eigenvalue weighted by Gasteiger charge is -2.44. The van der Waals surface area contributed by atoms with Crippen molar-refractivity contribution in [3.8, 4) is 0 Å². The summed E-state index contributed by atoms with van der Waals surface area (Å²) in [6.45, 7) is -0.207. The van der Waals surface area contributed by atoms with Crippen LogP contribution in [-0.4, -0.2) is 40.1 Å². The number of nitrogens with zero attached hydrogens (tertiary/aromatic N) is 1. The fourth-order valence-corrected chi connectivity index (χ4v) is 3.60. The molecule has 3 fully saturated rings. The number of amides is 1. The molecule has 0 atom stereocenters. The van der Waals surface area contributed by atoms with Gasteiger partial charge in [-0.25, -0.2) is 4.79 Å². The fourth-order valence-electron chi connectivity index (χ4n) is 3.60. The molecule has 112 valence electrons. The Morgan fingerprint density at radius 2 is 1.71 bits per heavy atom. The zero-order chi connectivity index (χ0) is 15.5. The molecule has 0 radical (unpaired) electrons. The van der Waals surface area contributed by atoms with Crippen molar-refractivity contribution >= 4 is 11.9 Å². The van der Waals surface area contributed by atoms with Crippen LogP contribution in [0.25, 0.3) is 0 Å². The number of fused-ring (bicyclic) bond motifs is 1. The molecule has 2 bridgehead atoms. The Kier molecular flexibility index (Phi) is 2.64. The molecule has 4 nitrogen and oxygen atoms in total. The van der Waals surface area contributed by atoms with Crippen LogP contribution >= 0.6 is 0 Å². The summed E-state index contributed by atoms with van der Waals surface area (Å²) >= 11 is 0. The number of halogens is 3. The van der Waals surface area contributed by atoms with Gasteiger partial charge >= 0.3 is 18.1 Å². The van der Waals surface area contributed by atoms with E-state index in [1.807, 2.05) is 0 Å². The number of rotatable bonds is 2. The van der Waals surface area contributed by atoms with Crippen LogP contribution < -0.4 is 0 Å². The Labute approximate surface area is 118 Å². The molecule has 1 N–H and O–H groups in total. The Morgan fingerprint density at radius 1 is 1.14 bits per heavy atom. The van der Waals surface area contributed by atoms with Gasteiger partial charge in [0.1, 0.15) is 5.54 Å². The van der Waals surface area contributed by atoms with E-state index in [0.717, 1.165) is 5.56 Å². The van der Waals surface area contributed by atoms with Gasteiger partial charge in [0.2, 0.25) is 0 Å². The molecule has 21 heavy (non-hydrogen) atoms. The molecular formula is C14H12F3NO3. The zero-order valence-corrected chi connectivity index (χ0v) is 10.9. The molecule has 1 saturated carbocycles. The second-order valence-electron chi connectivity index (χ2n) is 5.73. The van der Waals surface area contributed by atoms with Crippen molar-refractivity contribution < 1.29 is 27.9 Å². The van der Waals surface area contributed by atoms with Crippen LogP contribution in [0.5, 0.6) is 0 Å². The predicted molar refractivity (Wildman–Crippen MR) is 65.5 cm³/mol. The van der Waals surface area contributed by atoms with E-state index in [4.69, 9.17) is 0 Å². The third-order valence-corrected chi connectivity index (χ3v) is 4.51. The van der Waals surface area contributed by atoms with Gasteiger partial charge in [0.25, 0.3) is 0 Å². The summed E-state index contributed by atoms with van der Waals surface area (Å²) < 4.78 is 38.0. The van der Waals surface area contributed by atoms with Crippen molar-refractivity contribution in [1.29, 1.82) is 0 Å². The highest BCUT2D eigenvalue weighted by Gasteiger charge is 2.73. The Morgan fingerprint density at radius 3 is 2.19 bits per heavy atom. The molecule has 2 heterocycles. The third kappa shape index (κ3) is 1.76. The molecule has 7 heteroatoms. The van der Waals surface area contributed by atoms with Crippen molar-refractivity contribution in [2.75, 3.05) is 6.54 Å². The monoisotopic (exact) mass is 299 g/mol. The smallest absolute Gasteiger partial charge is 0.471 e. The van der Waals surface area contributed by atoms with Crippen molar-refractivity contribution in [3.05, 3.63) is 35.9 Å². The third-order valence-electron chi connectivity index (χ3n) is 4.51. The second kappa shape index (κ2) is 3.99. The first-order valence-corrected chi connectivity index (χ1v) is 6.39. The number of benzene rings is 1. The number of carboxylic acids is 1. The van der Waals surface area contributed by atoms with Gasteiger partial charge in [-0.05, 0) is 18.4 Å². The first-order valence-electron chi connectivity index (χ1n) is 6.39. The molecule has 4 rings (SSSR count). The maximum absolute atomic E-state index is 12.7. The molecule has 1 amide bonds. The van der Waals surface area contributed by atoms with Crippen molar-refractivity contribution in [2.24, 2.45) is 0 Å². The first-order chi connectivity index (χ1) is 9.71. The molecule has 2 aliphatic heterocycles. The molecule has 2 saturated heterocycles. The molecule has 1 aromatic rings. The maximum Gasteiger partial charge on any atom is 0.471 e. The van der Waals surface area contributed by atoms with E-state index in [2.05, 4.69) is 0 Å². The van der Waals surface area contributed by atoms with Gasteiger partial charge in [0.05, 0.1) is 0 Å². The van der Waals surface area contributed by atoms with Gasteiger partial charge in [-0.15, -0.1) is 0 Å². The Hall–Kier alpha value is -2.05. The van der Waals surface area contributed by atoms with E-state index in [-0.39, 0.29) is 19.4 Å². The maximum atomic E-state index is 12.7. The molecule has 0 spiro atoms. The topological polar surface area (TPSA) is 57.6 Å². The van der Waals surface area contributed by atoms with Crippen LogP contribution in [0.4, 0.5) is 13.2 Å². The van der Waals surface area contributed by atoms with E-state index in [1.165, 1.54) is 0 Å². The van der Waals surface area contributed by atoms with Gasteiger partial charge in [-0.3, -0.25) is 4.79 Å². The van der Waals surface area contributed by atoms with Crippen LogP contribution in [0.3, 0.4) is 0 Å². The van der Waals surface area contributed by atoms with Crippen molar-refractivity contribution in [1.82, 2.24) is 4.90 Å². The van der Waals surface area contributed by atoms with E-state index < -0.39 is 29.0 Å². The SMILES string of the molecule is O=C(N1CC2(c3ccccc3)CC1(C(=O)O)C2)C(F)(F)F. The predicted octanol–water partition coefficient (Wildman–Crippen LogP) is 1.95. The van der Waals surface area contributed by atoms with Crippen LogP contribution in [0, 0.1) is 0 Å². The van der Waals surface area contributed by atoms with E-state index in [0.29, 0.717) is 4.90 Å². The average Bonchev–Trinajstić information content (AvgIpc) is 2.89. The Balaban J connectivity index is 1.98. The Bertz CT molecular complexity index is 606. The van der Waals surface area contributed by atoms with E-state index in [9.17, 15) is 27.9 Å². The average molecular weight is 299 g/mol. The summed E-state index contributed by atoms with van der Waals surface area (Å²) in [5.74, 6) is -3.44. The van der Waals surface area contributed by atoms with Crippen molar-refractivity contribution in [3.63, 3.8) is 0 Å². The van der Waals surface area contributed by atoms with Crippen LogP contribution in [0.1, 0.15) is 18.4 Å². The molecule has 1 aliphatic carbocycles. The number of alkyl halides is 3. The summed E-state index contributed by atoms with van der Waals surface area (Å²) in [5.41, 5.74) is -1.62. The standard InChI is InChI=1S/C14H12F3NO3/c15-14(16,17)10(19)18-8-12(9-4-2-1-3-5-9)6-13(18,7-12)11(20)21/h1-5H,6-8H2,(H,20,21). The lowest BCUT2D eigenvalue weighted by Crippen LogP contribution is -2.59. The number of carboxylic acid groups (broad SMARTS) is 1. The van der Waals surface area contributed by atoms with Crippen LogP contribution in [-0.2, 0) is 15.0 Å². The van der Waals surface area contributed by atoms with Gasteiger partial charge in [0.15, 0.2) is 0 Å². The van der Waals surface area contributed by atoms with E-state index >= 15 is 0 Å². The summed E-state index contributed by atoms with van der Waals surface area (Å²) in [5, 5.41) is 9.30. The number of hydrogen-bond acceptors (Lipinski definition) is 2. The molecule has 0 aromatic heterocycles. The van der Waals surface area contributed by atoms with Crippen LogP contribution in [0.2, 0.25) is 0 Å². The van der Waals surface area contributed by atoms with Crippen LogP contribution in [0.15, 0.2) is 30.3 Å². The van der Waals surface area contributed by atoms with Gasteiger partial charge in [-0.2, -0.15) is 13.2 Å². The van der Waals surface area contributed by atoms with Crippen molar-refractivity contribution in [2.45, 2.75) is 30.0 Å². The first kappa shape index (κ1) is 13.9. The summed E-state index contributed by atoms with van der Waals surface area (Å²) in [7, 11) is 0. The summed E-state index contributed by atoms with van der Waals surface area (Å²) in [6, 6.07) is 8.79. The summed E-state index contributed by atoms with van der Waals surface area (Å²) in [6.07, 6.45) is -5.00. The molecule has 1 aromatic carbocycles. The number of carbonyl (C=O) groups excluding carboxylic acids is 1. The lowest BCUT2D eigenvalue weighted by molar-refractivity contribution is -0.192. The highest BCUT2D eigenvalue weighted by molar-refractivity contribution is 5.93. The molecular weight excluding hydrogens is 287 g/mol. The van der Waals surface area contributed by atoms with E-state index in [1.54, 1.807) is 30.3 Å². The largest absolute Gasteiger partial charge is 0.479 e. The minimum Gasteiger partial charge on any atom is -0.479 e. The molecule has 3 aliphatic rings. The minimum atomic E-state index is -5.06. The highest BCUT2D eigenvalue weighted by atomic mass is 19.4. The summed E-state index contributed by atoms with van der Waals surface area (Å²) in [4.78, 5) is 23.4. The molecule has 0 unspecified atom stereocenters. The quantitative estimate of drug-likeness (QED) is 0.908. The number of carbonyl (C=O) groups is 2. The normalized spacial score (nSPS) is 30.9. The second-order valence-corrected chi connectivity index (χ2v) is 5.73. The lowest BCUT2D eigenvalue weighted by atomic mass is 9.59.